The molecule has 0 aliphatic rings. The largest absolute Gasteiger partial charge is 0.504 e. The van der Waals surface area contributed by atoms with Crippen molar-refractivity contribution in [2.45, 2.75) is 23.3 Å². The van der Waals surface area contributed by atoms with E-state index in [1.165, 1.54) is 0 Å². The van der Waals surface area contributed by atoms with Gasteiger partial charge in [-0.05, 0) is 13.8 Å². The number of hydrogen-bond acceptors (Lipinski definition) is 5. The van der Waals surface area contributed by atoms with Crippen LogP contribution in [0, 0.1) is 0 Å². The molecule has 0 aromatic carbocycles. The fourth-order valence-corrected chi connectivity index (χ4v) is 3.27. The topological polar surface area (TPSA) is 74.6 Å². The van der Waals surface area contributed by atoms with Gasteiger partial charge in [0.1, 0.15) is 4.21 Å². The molecule has 0 unspecified atom stereocenters. The summed E-state index contributed by atoms with van der Waals surface area (Å²) in [7, 11) is -3.38. The summed E-state index contributed by atoms with van der Waals surface area (Å²) in [6.45, 7) is 3.09. The predicted octanol–water partition coefficient (Wildman–Crippen LogP) is 1.34. The fourth-order valence-electron chi connectivity index (χ4n) is 0.723. The molecule has 1 rings (SSSR count). The van der Waals surface area contributed by atoms with Gasteiger partial charge in [-0.1, -0.05) is 11.3 Å². The second-order valence-corrected chi connectivity index (χ2v) is 6.61. The lowest BCUT2D eigenvalue weighted by atomic mass is 10.6. The van der Waals surface area contributed by atoms with Crippen LogP contribution in [0.2, 0.25) is 0 Å². The van der Waals surface area contributed by atoms with Crippen LogP contribution < -0.4 is 0 Å². The maximum absolute atomic E-state index is 11.5. The first-order chi connectivity index (χ1) is 5.85. The molecule has 0 fully saturated rings. The monoisotopic (exact) mass is 222 g/mol. The van der Waals surface area contributed by atoms with Crippen LogP contribution in [-0.2, 0) is 9.84 Å². The lowest BCUT2D eigenvalue weighted by Crippen LogP contribution is -2.12. The number of sulfone groups is 1. The molecule has 0 radical (unpaired) electrons. The summed E-state index contributed by atoms with van der Waals surface area (Å²) in [5.41, 5.74) is 0. The molecule has 1 aromatic heterocycles. The quantitative estimate of drug-likeness (QED) is 0.792. The van der Waals surface area contributed by atoms with Gasteiger partial charge in [0.05, 0.1) is 5.25 Å². The van der Waals surface area contributed by atoms with E-state index in [4.69, 9.17) is 10.2 Å². The number of thiophene rings is 1. The Bertz CT molecular complexity index is 383. The van der Waals surface area contributed by atoms with E-state index in [1.807, 2.05) is 0 Å². The van der Waals surface area contributed by atoms with Gasteiger partial charge in [0, 0.05) is 6.07 Å². The molecule has 0 spiro atoms. The molecule has 0 saturated heterocycles. The van der Waals surface area contributed by atoms with E-state index in [1.54, 1.807) is 13.8 Å². The van der Waals surface area contributed by atoms with Crippen molar-refractivity contribution in [3.63, 3.8) is 0 Å². The third-order valence-corrected chi connectivity index (χ3v) is 5.16. The van der Waals surface area contributed by atoms with Crippen molar-refractivity contribution in [1.82, 2.24) is 0 Å². The molecule has 74 valence electrons. The summed E-state index contributed by atoms with van der Waals surface area (Å²) < 4.78 is 23.0. The summed E-state index contributed by atoms with van der Waals surface area (Å²) in [5.74, 6) is -0.385. The van der Waals surface area contributed by atoms with Gasteiger partial charge < -0.3 is 10.2 Å². The normalized spacial score (nSPS) is 12.2. The molecule has 6 heteroatoms. The first-order valence-electron chi connectivity index (χ1n) is 3.61. The van der Waals surface area contributed by atoms with E-state index in [2.05, 4.69) is 0 Å². The Morgan fingerprint density at radius 1 is 1.38 bits per heavy atom. The third-order valence-electron chi connectivity index (χ3n) is 1.57. The molecule has 0 saturated carbocycles. The Morgan fingerprint density at radius 3 is 2.23 bits per heavy atom. The minimum Gasteiger partial charge on any atom is -0.504 e. The van der Waals surface area contributed by atoms with Crippen molar-refractivity contribution in [3.05, 3.63) is 6.07 Å². The number of hydrogen-bond donors (Lipinski definition) is 2. The van der Waals surface area contributed by atoms with Crippen molar-refractivity contribution in [1.29, 1.82) is 0 Å². The van der Waals surface area contributed by atoms with Crippen LogP contribution in [0.3, 0.4) is 0 Å². The van der Waals surface area contributed by atoms with E-state index in [0.29, 0.717) is 11.3 Å². The minimum absolute atomic E-state index is 0.00231. The maximum atomic E-state index is 11.5. The molecule has 0 amide bonds. The zero-order valence-electron chi connectivity index (χ0n) is 7.18. The maximum Gasteiger partial charge on any atom is 0.215 e. The molecule has 2 N–H and O–H groups in total. The van der Waals surface area contributed by atoms with E-state index in [9.17, 15) is 8.42 Å². The van der Waals surface area contributed by atoms with Crippen molar-refractivity contribution in [3.8, 4) is 10.8 Å². The average molecular weight is 222 g/mol. The summed E-state index contributed by atoms with van der Waals surface area (Å²) in [4.78, 5) is 0. The highest BCUT2D eigenvalue weighted by molar-refractivity contribution is 7.94. The van der Waals surface area contributed by atoms with Gasteiger partial charge in [-0.25, -0.2) is 8.42 Å². The lowest BCUT2D eigenvalue weighted by molar-refractivity contribution is 0.415. The van der Waals surface area contributed by atoms with Gasteiger partial charge in [0.25, 0.3) is 0 Å². The van der Waals surface area contributed by atoms with Crippen LogP contribution in [0.1, 0.15) is 13.8 Å². The van der Waals surface area contributed by atoms with Crippen LogP contribution in [0.25, 0.3) is 0 Å². The van der Waals surface area contributed by atoms with Gasteiger partial charge in [0.2, 0.25) is 5.06 Å². The van der Waals surface area contributed by atoms with Gasteiger partial charge in [-0.3, -0.25) is 0 Å². The van der Waals surface area contributed by atoms with Crippen molar-refractivity contribution in [2.75, 3.05) is 0 Å². The molecule has 0 aliphatic carbocycles. The highest BCUT2D eigenvalue weighted by Gasteiger charge is 2.23. The highest BCUT2D eigenvalue weighted by atomic mass is 32.2. The first kappa shape index (κ1) is 10.3. The second kappa shape index (κ2) is 3.19. The van der Waals surface area contributed by atoms with E-state index < -0.39 is 15.1 Å². The highest BCUT2D eigenvalue weighted by Crippen LogP contribution is 2.38. The molecule has 0 atom stereocenters. The van der Waals surface area contributed by atoms with Crippen LogP contribution in [0.5, 0.6) is 10.8 Å². The Hall–Kier alpha value is -0.750. The van der Waals surface area contributed by atoms with Gasteiger partial charge in [-0.2, -0.15) is 0 Å². The van der Waals surface area contributed by atoms with Crippen LogP contribution in [0.15, 0.2) is 10.3 Å². The number of aromatic hydroxyl groups is 2. The standard InChI is InChI=1S/C7H10O4S2/c1-4(2)13(10,11)6-3-5(8)7(9)12-6/h3-4,8-9H,1-2H3. The van der Waals surface area contributed by atoms with Crippen molar-refractivity contribution >= 4 is 21.2 Å². The number of rotatable bonds is 2. The summed E-state index contributed by atoms with van der Waals surface area (Å²) in [5, 5.41) is 17.1. The molecule has 13 heavy (non-hydrogen) atoms. The van der Waals surface area contributed by atoms with Crippen LogP contribution in [0.4, 0.5) is 0 Å². The fraction of sp³-hybridized carbons (Fsp3) is 0.429. The smallest absolute Gasteiger partial charge is 0.215 e. The predicted molar refractivity (Wildman–Crippen MR) is 50.0 cm³/mol. The molecule has 0 aliphatic heterocycles. The van der Waals surface area contributed by atoms with Crippen LogP contribution in [-0.4, -0.2) is 23.9 Å². The SMILES string of the molecule is CC(C)S(=O)(=O)c1cc(O)c(O)s1. The summed E-state index contributed by atoms with van der Waals surface area (Å²) >= 11 is 0.667. The Labute approximate surface area is 80.4 Å². The van der Waals surface area contributed by atoms with E-state index in [-0.39, 0.29) is 15.0 Å². The van der Waals surface area contributed by atoms with E-state index in [0.717, 1.165) is 6.07 Å². The second-order valence-electron chi connectivity index (χ2n) is 2.85. The Morgan fingerprint density at radius 2 is 1.92 bits per heavy atom. The average Bonchev–Trinajstić information content (AvgIpc) is 2.32. The molecular weight excluding hydrogens is 212 g/mol. The third kappa shape index (κ3) is 1.78. The summed E-state index contributed by atoms with van der Waals surface area (Å²) in [6, 6.07) is 1.06. The van der Waals surface area contributed by atoms with Gasteiger partial charge >= 0.3 is 0 Å². The van der Waals surface area contributed by atoms with Crippen LogP contribution >= 0.6 is 11.3 Å². The van der Waals surface area contributed by atoms with Gasteiger partial charge in [-0.15, -0.1) is 0 Å². The van der Waals surface area contributed by atoms with Crippen molar-refractivity contribution in [2.24, 2.45) is 0 Å². The zero-order chi connectivity index (χ0) is 10.2. The summed E-state index contributed by atoms with van der Waals surface area (Å²) in [6.07, 6.45) is 0. The van der Waals surface area contributed by atoms with Crippen molar-refractivity contribution < 1.29 is 18.6 Å². The van der Waals surface area contributed by atoms with E-state index >= 15 is 0 Å². The molecular formula is C7H10O4S2. The van der Waals surface area contributed by atoms with Gasteiger partial charge in [0.15, 0.2) is 15.6 Å². The Balaban J connectivity index is 3.24. The lowest BCUT2D eigenvalue weighted by Gasteiger charge is -2.02. The minimum atomic E-state index is -3.38. The molecule has 0 bridgehead atoms. The molecule has 1 heterocycles. The molecule has 1 aromatic rings. The zero-order valence-corrected chi connectivity index (χ0v) is 8.82. The first-order valence-corrected chi connectivity index (χ1v) is 5.97. The molecule has 4 nitrogen and oxygen atoms in total. The Kier molecular flexibility index (Phi) is 2.53.